The van der Waals surface area contributed by atoms with Crippen molar-refractivity contribution in [2.45, 2.75) is 25.2 Å². The molecular weight excluding hydrogens is 457 g/mol. The summed E-state index contributed by atoms with van der Waals surface area (Å²) in [7, 11) is 1.44. The molecule has 0 saturated carbocycles. The van der Waals surface area contributed by atoms with Crippen molar-refractivity contribution in [2.75, 3.05) is 19.0 Å². The Balaban J connectivity index is 1.45. The van der Waals surface area contributed by atoms with Gasteiger partial charge in [0.2, 0.25) is 5.91 Å². The average Bonchev–Trinajstić information content (AvgIpc) is 3.30. The third-order valence-corrected chi connectivity index (χ3v) is 5.77. The monoisotopic (exact) mass is 481 g/mol. The van der Waals surface area contributed by atoms with E-state index in [1.807, 2.05) is 30.3 Å². The minimum atomic E-state index is -1.25. The van der Waals surface area contributed by atoms with Gasteiger partial charge in [-0.1, -0.05) is 30.3 Å². The second-order valence-electron chi connectivity index (χ2n) is 8.04. The number of hydrogen-bond acceptors (Lipinski definition) is 5. The molecule has 9 nitrogen and oxygen atoms in total. The van der Waals surface area contributed by atoms with Crippen molar-refractivity contribution >= 4 is 17.7 Å². The third kappa shape index (κ3) is 5.49. The molecule has 0 radical (unpaired) electrons. The number of ether oxygens (including phenoxy) is 2. The van der Waals surface area contributed by atoms with Gasteiger partial charge in [0.25, 0.3) is 5.56 Å². The SMILES string of the molecule is CO[C@@H]1C[C@H](C(=O)Nc2ccc(-n3ccc(OCc4ccccc4)cc3=O)cc2F)N(C(=O)O)C1. The summed E-state index contributed by atoms with van der Waals surface area (Å²) in [6.07, 6.45) is -0.0246. The molecule has 2 heterocycles. The summed E-state index contributed by atoms with van der Waals surface area (Å²) in [5, 5.41) is 11.8. The Bertz CT molecular complexity index is 1280. The Morgan fingerprint density at radius 3 is 2.57 bits per heavy atom. The van der Waals surface area contributed by atoms with Crippen LogP contribution < -0.4 is 15.6 Å². The summed E-state index contributed by atoms with van der Waals surface area (Å²) in [6, 6.07) is 15.3. The third-order valence-electron chi connectivity index (χ3n) is 5.77. The number of amides is 2. The standard InChI is InChI=1S/C25H24FN3O6/c1-34-19-12-22(29(14-19)25(32)33)24(31)27-21-8-7-17(11-20(21)26)28-10-9-18(13-23(28)30)35-15-16-5-3-2-4-6-16/h2-11,13,19,22H,12,14-15H2,1H3,(H,27,31)(H,32,33)/t19-,22-/m1/s1. The molecule has 10 heteroatoms. The van der Waals surface area contributed by atoms with Gasteiger partial charge in [-0.15, -0.1) is 0 Å². The average molecular weight is 481 g/mol. The predicted octanol–water partition coefficient (Wildman–Crippen LogP) is 3.26. The number of methoxy groups -OCH3 is 1. The van der Waals surface area contributed by atoms with Gasteiger partial charge in [-0.25, -0.2) is 9.18 Å². The van der Waals surface area contributed by atoms with Crippen LogP contribution in [0.1, 0.15) is 12.0 Å². The molecule has 1 aromatic heterocycles. The molecule has 1 fully saturated rings. The van der Waals surface area contributed by atoms with E-state index in [1.54, 1.807) is 6.07 Å². The fraction of sp³-hybridized carbons (Fsp3) is 0.240. The molecule has 35 heavy (non-hydrogen) atoms. The summed E-state index contributed by atoms with van der Waals surface area (Å²) < 4.78 is 26.9. The van der Waals surface area contributed by atoms with Crippen LogP contribution in [0, 0.1) is 5.82 Å². The topological polar surface area (TPSA) is 110 Å². The van der Waals surface area contributed by atoms with E-state index in [2.05, 4.69) is 5.32 Å². The number of aromatic nitrogens is 1. The van der Waals surface area contributed by atoms with Crippen molar-refractivity contribution in [2.24, 2.45) is 0 Å². The lowest BCUT2D eigenvalue weighted by molar-refractivity contribution is -0.120. The Morgan fingerprint density at radius 2 is 1.91 bits per heavy atom. The molecule has 1 saturated heterocycles. The van der Waals surface area contributed by atoms with E-state index in [-0.39, 0.29) is 24.3 Å². The number of carboxylic acid groups (broad SMARTS) is 1. The van der Waals surface area contributed by atoms with E-state index in [1.165, 1.54) is 36.1 Å². The fourth-order valence-corrected chi connectivity index (χ4v) is 3.90. The van der Waals surface area contributed by atoms with Crippen LogP contribution in [-0.2, 0) is 16.1 Å². The van der Waals surface area contributed by atoms with E-state index in [0.717, 1.165) is 16.5 Å². The van der Waals surface area contributed by atoms with Crippen molar-refractivity contribution in [3.8, 4) is 11.4 Å². The predicted molar refractivity (Wildman–Crippen MR) is 125 cm³/mol. The zero-order chi connectivity index (χ0) is 24.9. The molecule has 0 bridgehead atoms. The quantitative estimate of drug-likeness (QED) is 0.536. The van der Waals surface area contributed by atoms with Gasteiger partial charge >= 0.3 is 6.09 Å². The summed E-state index contributed by atoms with van der Waals surface area (Å²) >= 11 is 0. The van der Waals surface area contributed by atoms with Crippen LogP contribution in [0.2, 0.25) is 0 Å². The number of nitrogens with zero attached hydrogens (tertiary/aromatic N) is 2. The number of carbonyl (C=O) groups excluding carboxylic acids is 1. The molecule has 2 N–H and O–H groups in total. The van der Waals surface area contributed by atoms with Gasteiger partial charge in [-0.2, -0.15) is 0 Å². The number of rotatable bonds is 7. The number of nitrogens with one attached hydrogen (secondary N) is 1. The number of likely N-dealkylation sites (tertiary alicyclic amines) is 1. The first-order valence-electron chi connectivity index (χ1n) is 10.9. The molecule has 2 aromatic carbocycles. The smallest absolute Gasteiger partial charge is 0.408 e. The molecule has 4 rings (SSSR count). The zero-order valence-electron chi connectivity index (χ0n) is 18.9. The Hall–Kier alpha value is -4.18. The van der Waals surface area contributed by atoms with Crippen molar-refractivity contribution in [1.82, 2.24) is 9.47 Å². The number of anilines is 1. The van der Waals surface area contributed by atoms with E-state index in [0.29, 0.717) is 12.4 Å². The molecule has 1 aliphatic rings. The molecule has 2 amide bonds. The lowest BCUT2D eigenvalue weighted by Gasteiger charge is -2.20. The lowest BCUT2D eigenvalue weighted by Crippen LogP contribution is -2.42. The Morgan fingerprint density at radius 1 is 1.14 bits per heavy atom. The van der Waals surface area contributed by atoms with Crippen LogP contribution in [0.5, 0.6) is 5.75 Å². The van der Waals surface area contributed by atoms with E-state index < -0.39 is 35.5 Å². The first-order valence-corrected chi connectivity index (χ1v) is 10.9. The van der Waals surface area contributed by atoms with Gasteiger partial charge in [0.15, 0.2) is 0 Å². The number of pyridine rings is 1. The maximum absolute atomic E-state index is 14.8. The normalized spacial score (nSPS) is 17.3. The van der Waals surface area contributed by atoms with Crippen molar-refractivity contribution < 1.29 is 28.6 Å². The zero-order valence-corrected chi connectivity index (χ0v) is 18.9. The van der Waals surface area contributed by atoms with E-state index >= 15 is 0 Å². The molecule has 182 valence electrons. The molecule has 1 aliphatic heterocycles. The molecule has 0 aliphatic carbocycles. The number of carbonyl (C=O) groups is 2. The second kappa shape index (κ2) is 10.4. The highest BCUT2D eigenvalue weighted by Gasteiger charge is 2.40. The van der Waals surface area contributed by atoms with Crippen molar-refractivity contribution in [3.63, 3.8) is 0 Å². The van der Waals surface area contributed by atoms with Gasteiger partial charge in [0, 0.05) is 31.9 Å². The van der Waals surface area contributed by atoms with Gasteiger partial charge in [0.1, 0.15) is 24.2 Å². The highest BCUT2D eigenvalue weighted by molar-refractivity contribution is 5.97. The molecule has 0 unspecified atom stereocenters. The lowest BCUT2D eigenvalue weighted by atomic mass is 10.1. The first kappa shape index (κ1) is 24.0. The van der Waals surface area contributed by atoms with Crippen LogP contribution >= 0.6 is 0 Å². The van der Waals surface area contributed by atoms with Crippen LogP contribution in [-0.4, -0.2) is 52.4 Å². The van der Waals surface area contributed by atoms with Crippen molar-refractivity contribution in [3.05, 3.63) is 88.6 Å². The van der Waals surface area contributed by atoms with Gasteiger partial charge in [0.05, 0.1) is 24.0 Å². The number of benzene rings is 2. The Kier molecular flexibility index (Phi) is 7.11. The van der Waals surface area contributed by atoms with Gasteiger partial charge in [-0.05, 0) is 23.8 Å². The fourth-order valence-electron chi connectivity index (χ4n) is 3.90. The Labute approximate surface area is 200 Å². The summed E-state index contributed by atoms with van der Waals surface area (Å²) in [5.74, 6) is -1.04. The molecular formula is C25H24FN3O6. The van der Waals surface area contributed by atoms with Crippen LogP contribution in [0.15, 0.2) is 71.7 Å². The summed E-state index contributed by atoms with van der Waals surface area (Å²) in [4.78, 5) is 37.6. The van der Waals surface area contributed by atoms with Crippen LogP contribution in [0.4, 0.5) is 14.9 Å². The van der Waals surface area contributed by atoms with Crippen LogP contribution in [0.25, 0.3) is 5.69 Å². The molecule has 0 spiro atoms. The number of hydrogen-bond donors (Lipinski definition) is 2. The minimum Gasteiger partial charge on any atom is -0.489 e. The summed E-state index contributed by atoms with van der Waals surface area (Å²) in [5.41, 5.74) is 0.673. The highest BCUT2D eigenvalue weighted by atomic mass is 19.1. The second-order valence-corrected chi connectivity index (χ2v) is 8.04. The maximum Gasteiger partial charge on any atom is 0.408 e. The van der Waals surface area contributed by atoms with E-state index in [9.17, 15) is 23.9 Å². The highest BCUT2D eigenvalue weighted by Crippen LogP contribution is 2.24. The van der Waals surface area contributed by atoms with Gasteiger partial charge < -0.3 is 19.9 Å². The largest absolute Gasteiger partial charge is 0.489 e. The molecule has 2 atom stereocenters. The summed E-state index contributed by atoms with van der Waals surface area (Å²) in [6.45, 7) is 0.359. The molecule has 3 aromatic rings. The minimum absolute atomic E-state index is 0.0549. The van der Waals surface area contributed by atoms with E-state index in [4.69, 9.17) is 9.47 Å². The van der Waals surface area contributed by atoms with Crippen molar-refractivity contribution in [1.29, 1.82) is 0 Å². The first-order chi connectivity index (χ1) is 16.9. The van der Waals surface area contributed by atoms with Crippen LogP contribution in [0.3, 0.4) is 0 Å². The maximum atomic E-state index is 14.8. The number of halogens is 1. The van der Waals surface area contributed by atoms with Gasteiger partial charge in [-0.3, -0.25) is 19.1 Å².